The Bertz CT molecular complexity index is 3510. The normalized spacial score (nSPS) is 17.6. The lowest BCUT2D eigenvalue weighted by Crippen LogP contribution is -2.30. The maximum absolute atomic E-state index is 12.8. The van der Waals surface area contributed by atoms with Crippen LogP contribution in [0.15, 0.2) is 116 Å². The van der Waals surface area contributed by atoms with Crippen LogP contribution in [0.1, 0.15) is 70.9 Å². The number of benzene rings is 4. The van der Waals surface area contributed by atoms with E-state index in [1.807, 2.05) is 49.3 Å². The minimum absolute atomic E-state index is 0.00723. The van der Waals surface area contributed by atoms with Crippen molar-refractivity contribution in [1.82, 2.24) is 0 Å². The number of aliphatic carboxylic acids is 1. The molecule has 4 aromatic rings. The molecule has 0 fully saturated rings. The van der Waals surface area contributed by atoms with Crippen molar-refractivity contribution in [2.75, 3.05) is 84.6 Å². The molecule has 2 aliphatic heterocycles. The van der Waals surface area contributed by atoms with E-state index in [2.05, 4.69) is 0 Å². The third kappa shape index (κ3) is 14.6. The van der Waals surface area contributed by atoms with Crippen LogP contribution in [0.5, 0.6) is 0 Å². The zero-order valence-electron chi connectivity index (χ0n) is 44.0. The highest BCUT2D eigenvalue weighted by molar-refractivity contribution is 7.87. The highest BCUT2D eigenvalue weighted by Gasteiger charge is 2.47. The second-order valence-electron chi connectivity index (χ2n) is 19.2. The van der Waals surface area contributed by atoms with Gasteiger partial charge in [-0.3, -0.25) is 23.0 Å². The van der Waals surface area contributed by atoms with Crippen molar-refractivity contribution in [1.29, 1.82) is 0 Å². The van der Waals surface area contributed by atoms with Gasteiger partial charge in [-0.1, -0.05) is 42.9 Å². The van der Waals surface area contributed by atoms with Crippen molar-refractivity contribution < 1.29 is 90.0 Å². The van der Waals surface area contributed by atoms with E-state index < -0.39 is 76.9 Å². The van der Waals surface area contributed by atoms with Crippen molar-refractivity contribution in [2.45, 2.75) is 90.2 Å². The van der Waals surface area contributed by atoms with Gasteiger partial charge in [-0.05, 0) is 106 Å². The molecule has 1 unspecified atom stereocenters. The van der Waals surface area contributed by atoms with Crippen LogP contribution in [0.3, 0.4) is 0 Å². The summed E-state index contributed by atoms with van der Waals surface area (Å²) in [5.74, 6) is -0.933. The topological polar surface area (TPSA) is 307 Å². The summed E-state index contributed by atoms with van der Waals surface area (Å²) in [5.41, 5.74) is 1.86. The van der Waals surface area contributed by atoms with E-state index in [-0.39, 0.29) is 54.2 Å². The predicted octanol–water partition coefficient (Wildman–Crippen LogP) is 7.45. The van der Waals surface area contributed by atoms with Gasteiger partial charge in [0.2, 0.25) is 5.69 Å². The Kier molecular flexibility index (Phi) is 20.6. The van der Waals surface area contributed by atoms with Gasteiger partial charge >= 0.3 is 5.97 Å². The zero-order valence-corrected chi connectivity index (χ0v) is 47.2. The molecule has 2 aliphatic rings. The summed E-state index contributed by atoms with van der Waals surface area (Å²) in [5, 5.41) is 9.75. The van der Waals surface area contributed by atoms with Gasteiger partial charge in [0.1, 0.15) is 16.3 Å². The Labute approximate surface area is 455 Å². The van der Waals surface area contributed by atoms with Gasteiger partial charge in [-0.2, -0.15) is 38.2 Å². The fraction of sp³-hybridized carbons (Fsp3) is 0.434. The van der Waals surface area contributed by atoms with Crippen molar-refractivity contribution >= 4 is 85.1 Å². The molecule has 0 aromatic heterocycles. The van der Waals surface area contributed by atoms with Gasteiger partial charge < -0.3 is 33.7 Å². The van der Waals surface area contributed by atoms with E-state index in [1.54, 1.807) is 49.6 Å². The molecule has 0 radical (unpaired) electrons. The number of anilines is 1. The van der Waals surface area contributed by atoms with Crippen LogP contribution in [0.2, 0.25) is 0 Å². The highest BCUT2D eigenvalue weighted by Crippen LogP contribution is 2.54. The van der Waals surface area contributed by atoms with E-state index in [0.717, 1.165) is 11.8 Å². The van der Waals surface area contributed by atoms with Gasteiger partial charge in [-0.15, -0.1) is 0 Å². The predicted molar refractivity (Wildman–Crippen MR) is 292 cm³/mol. The number of ether oxygens (including phenoxy) is 5. The molecule has 25 heteroatoms. The second-order valence-corrected chi connectivity index (χ2v) is 24.8. The fourth-order valence-corrected chi connectivity index (χ4v) is 12.8. The van der Waals surface area contributed by atoms with E-state index in [0.29, 0.717) is 106 Å². The maximum Gasteiger partial charge on any atom is 0.303 e. The minimum Gasteiger partial charge on any atom is -0.481 e. The lowest BCUT2D eigenvalue weighted by molar-refractivity contribution is -0.433. The average molecular weight is 1160 g/mol. The van der Waals surface area contributed by atoms with Crippen LogP contribution in [0, 0.1) is 0 Å². The molecule has 2 heterocycles. The van der Waals surface area contributed by atoms with Crippen LogP contribution in [-0.4, -0.2) is 153 Å². The summed E-state index contributed by atoms with van der Waals surface area (Å²) in [6, 6.07) is 10.1. The fourth-order valence-electron chi connectivity index (χ4n) is 10.1. The number of hydrogen-bond acceptors (Lipinski definition) is 15. The van der Waals surface area contributed by atoms with Gasteiger partial charge in [0.15, 0.2) is 5.71 Å². The number of carboxylic acids is 1. The number of methoxy groups -OCH3 is 1. The highest BCUT2D eigenvalue weighted by atomic mass is 32.2. The first-order chi connectivity index (χ1) is 36.7. The molecule has 78 heavy (non-hydrogen) atoms. The molecule has 0 spiro atoms. The Hall–Kier alpha value is -5.26. The molecule has 21 nitrogen and oxygen atoms in total. The number of hydrogen-bond donors (Lipinski definition) is 5. The lowest BCUT2D eigenvalue weighted by atomic mass is 9.76. The van der Waals surface area contributed by atoms with Crippen molar-refractivity contribution in [2.24, 2.45) is 0 Å². The van der Waals surface area contributed by atoms with E-state index >= 15 is 0 Å². The Balaban J connectivity index is 1.33. The summed E-state index contributed by atoms with van der Waals surface area (Å²) >= 11 is 0. The lowest BCUT2D eigenvalue weighted by Gasteiger charge is -2.31. The molecule has 0 amide bonds. The largest absolute Gasteiger partial charge is 0.481 e. The van der Waals surface area contributed by atoms with E-state index in [1.165, 1.54) is 24.3 Å². The number of rotatable bonds is 30. The van der Waals surface area contributed by atoms with Crippen molar-refractivity contribution in [3.63, 3.8) is 0 Å². The molecule has 1 atom stereocenters. The average Bonchev–Trinajstić information content (AvgIpc) is 3.89. The van der Waals surface area contributed by atoms with Crippen LogP contribution >= 0.6 is 0 Å². The van der Waals surface area contributed by atoms with Crippen LogP contribution in [0.4, 0.5) is 11.4 Å². The molecule has 0 saturated carbocycles. The van der Waals surface area contributed by atoms with Crippen LogP contribution in [-0.2, 0) is 79.8 Å². The van der Waals surface area contributed by atoms with Crippen molar-refractivity contribution in [3.8, 4) is 0 Å². The molecule has 426 valence electrons. The van der Waals surface area contributed by atoms with Gasteiger partial charge in [0.25, 0.3) is 40.5 Å². The zero-order chi connectivity index (χ0) is 57.3. The summed E-state index contributed by atoms with van der Waals surface area (Å²) in [4.78, 5) is 10.5. The van der Waals surface area contributed by atoms with Crippen LogP contribution in [0.25, 0.3) is 21.5 Å². The monoisotopic (exact) mass is 1160 g/mol. The third-order valence-corrected chi connectivity index (χ3v) is 17.1. The van der Waals surface area contributed by atoms with Gasteiger partial charge in [-0.25, -0.2) is 0 Å². The molecule has 0 saturated heterocycles. The second kappa shape index (κ2) is 25.9. The first-order valence-corrected chi connectivity index (χ1v) is 30.7. The summed E-state index contributed by atoms with van der Waals surface area (Å²) in [7, 11) is -18.3. The van der Waals surface area contributed by atoms with Gasteiger partial charge in [0, 0.05) is 72.0 Å². The first-order valence-electron chi connectivity index (χ1n) is 25.0. The molecule has 0 aliphatic carbocycles. The summed E-state index contributed by atoms with van der Waals surface area (Å²) in [6.45, 7) is 11.4. The smallest absolute Gasteiger partial charge is 0.303 e. The third-order valence-electron chi connectivity index (χ3n) is 13.6. The molecule has 0 bridgehead atoms. The van der Waals surface area contributed by atoms with Crippen molar-refractivity contribution in [3.05, 3.63) is 108 Å². The van der Waals surface area contributed by atoms with E-state index in [9.17, 15) is 61.8 Å². The quantitative estimate of drug-likeness (QED) is 0.0146. The molecule has 4 aromatic carbocycles. The molecular weight excluding hydrogens is 1100 g/mol. The summed E-state index contributed by atoms with van der Waals surface area (Å²) < 4.78 is 171. The number of nitrogens with zero attached hydrogens (tertiary/aromatic N) is 2. The molecule has 5 N–H and O–H groups in total. The number of fused-ring (bicyclic) bond motifs is 6. The SMILES string of the molecule is CC[N+]1=C(/C=C/C=C/C=C/C=C2/N(CCCCCC(=O)O)c3ccc4c(S(=O)(=O)O)cc(S(=O)(=O)O)cc4c3C2(C)CCOCCOCCOCCOCCOC)C(C)(C)c2c1ccc1c(S(=O)(=O)O)cc(S(=O)(=O)O)cc21. The molecule has 6 rings (SSSR count). The standard InChI is InChI=1S/C53H66N2O19S4/c1-6-54-43-20-18-39-41(33-37(75(58,59)60)35-45(39)77(64,65)66)50(43)52(2,3)47(54)15-11-8-7-9-12-16-48-53(4,22-24-71-27-28-73-31-32-74-30-29-72-26-25-70-5)51-42-34-38(76(61,62)63)36-46(78(67,68)69)40(42)19-21-44(51)55(48)23-14-10-13-17-49(56)57/h7-9,11-12,15-16,18-21,33-36H,6,10,13-14,17,22-32H2,1-5H3,(H4-,56,57,58,59,60,61,62,63,64,65,66,67,68,69)/p+1. The number of unbranched alkanes of at least 4 members (excludes halogenated alkanes) is 2. The first kappa shape index (κ1) is 61.9. The van der Waals surface area contributed by atoms with E-state index in [4.69, 9.17) is 23.7 Å². The number of carbonyl (C=O) groups is 1. The number of carboxylic acid groups (broad SMARTS) is 1. The van der Waals surface area contributed by atoms with Crippen LogP contribution < -0.4 is 4.90 Å². The molecular formula is C53H67N2O19S4+. The number of allylic oxidation sites excluding steroid dienone is 8. The Morgan fingerprint density at radius 2 is 1.10 bits per heavy atom. The Morgan fingerprint density at radius 1 is 0.603 bits per heavy atom. The maximum atomic E-state index is 12.8. The summed E-state index contributed by atoms with van der Waals surface area (Å²) in [6.07, 6.45) is 14.3. The Morgan fingerprint density at radius 3 is 1.62 bits per heavy atom. The minimum atomic E-state index is -5.04. The van der Waals surface area contributed by atoms with Gasteiger partial charge in [0.05, 0.1) is 68.1 Å².